The van der Waals surface area contributed by atoms with Crippen LogP contribution in [0.15, 0.2) is 6.33 Å². The second kappa shape index (κ2) is 5.79. The number of rotatable bonds is 5. The molecule has 0 spiro atoms. The Kier molecular flexibility index (Phi) is 4.11. The molecule has 0 fully saturated rings. The predicted molar refractivity (Wildman–Crippen MR) is 60.4 cm³/mol. The zero-order chi connectivity index (χ0) is 12.1. The van der Waals surface area contributed by atoms with Crippen LogP contribution < -0.4 is 5.32 Å². The van der Waals surface area contributed by atoms with Crippen molar-refractivity contribution in [1.82, 2.24) is 15.3 Å². The van der Waals surface area contributed by atoms with Crippen LogP contribution in [-0.2, 0) is 27.2 Å². The molecule has 0 saturated heterocycles. The number of carbonyl (C=O) groups is 1. The highest BCUT2D eigenvalue weighted by Gasteiger charge is 2.26. The molecular formula is C11H17N3O3. The van der Waals surface area contributed by atoms with Crippen molar-refractivity contribution in [3.8, 4) is 0 Å². The van der Waals surface area contributed by atoms with Crippen molar-refractivity contribution in [2.75, 3.05) is 20.3 Å². The number of aromatic amines is 1. The standard InChI is InChI=1S/C11H17N3O3/c1-16-3-2-4-17-11(15)9-5-8-10(6-12-9)14-7-13-8/h7,9,12H,2-6H2,1H3,(H,13,14). The molecule has 2 heterocycles. The molecule has 17 heavy (non-hydrogen) atoms. The molecule has 1 aliphatic heterocycles. The van der Waals surface area contributed by atoms with E-state index >= 15 is 0 Å². The minimum absolute atomic E-state index is 0.213. The molecule has 1 aromatic heterocycles. The number of hydrogen-bond acceptors (Lipinski definition) is 5. The van der Waals surface area contributed by atoms with Gasteiger partial charge >= 0.3 is 5.97 Å². The van der Waals surface area contributed by atoms with Gasteiger partial charge in [0.05, 0.1) is 24.3 Å². The van der Waals surface area contributed by atoms with E-state index in [9.17, 15) is 4.79 Å². The number of hydrogen-bond donors (Lipinski definition) is 2. The number of ether oxygens (including phenoxy) is 2. The minimum Gasteiger partial charge on any atom is -0.464 e. The fraction of sp³-hybridized carbons (Fsp3) is 0.636. The summed E-state index contributed by atoms with van der Waals surface area (Å²) < 4.78 is 10.0. The lowest BCUT2D eigenvalue weighted by Gasteiger charge is -2.21. The third-order valence-corrected chi connectivity index (χ3v) is 2.75. The first-order chi connectivity index (χ1) is 8.31. The zero-order valence-electron chi connectivity index (χ0n) is 9.86. The van der Waals surface area contributed by atoms with Crippen molar-refractivity contribution >= 4 is 5.97 Å². The van der Waals surface area contributed by atoms with Crippen molar-refractivity contribution in [3.63, 3.8) is 0 Å². The summed E-state index contributed by atoms with van der Waals surface area (Å²) in [6, 6.07) is -0.284. The van der Waals surface area contributed by atoms with Crippen molar-refractivity contribution in [1.29, 1.82) is 0 Å². The Labute approximate surface area is 99.7 Å². The lowest BCUT2D eigenvalue weighted by molar-refractivity contribution is -0.146. The Hall–Kier alpha value is -1.40. The first-order valence-electron chi connectivity index (χ1n) is 5.71. The maximum Gasteiger partial charge on any atom is 0.323 e. The van der Waals surface area contributed by atoms with Gasteiger partial charge in [0.25, 0.3) is 0 Å². The third-order valence-electron chi connectivity index (χ3n) is 2.75. The minimum atomic E-state index is -0.284. The average Bonchev–Trinajstić information content (AvgIpc) is 2.81. The van der Waals surface area contributed by atoms with Crippen molar-refractivity contribution in [2.24, 2.45) is 0 Å². The summed E-state index contributed by atoms with van der Waals surface area (Å²) in [4.78, 5) is 18.9. The average molecular weight is 239 g/mol. The van der Waals surface area contributed by atoms with E-state index in [0.717, 1.165) is 17.8 Å². The summed E-state index contributed by atoms with van der Waals surface area (Å²) >= 11 is 0. The molecule has 0 saturated carbocycles. The number of imidazole rings is 1. The summed E-state index contributed by atoms with van der Waals surface area (Å²) in [6.07, 6.45) is 2.96. The van der Waals surface area contributed by atoms with E-state index < -0.39 is 0 Å². The molecule has 1 aliphatic rings. The number of fused-ring (bicyclic) bond motifs is 1. The van der Waals surface area contributed by atoms with E-state index in [-0.39, 0.29) is 12.0 Å². The second-order valence-corrected chi connectivity index (χ2v) is 3.98. The molecule has 1 aromatic rings. The molecule has 0 radical (unpaired) electrons. The van der Waals surface area contributed by atoms with E-state index in [1.165, 1.54) is 0 Å². The van der Waals surface area contributed by atoms with Gasteiger partial charge < -0.3 is 14.5 Å². The number of methoxy groups -OCH3 is 1. The maximum absolute atomic E-state index is 11.7. The van der Waals surface area contributed by atoms with E-state index in [1.54, 1.807) is 13.4 Å². The van der Waals surface area contributed by atoms with Gasteiger partial charge in [-0.3, -0.25) is 10.1 Å². The topological polar surface area (TPSA) is 76.2 Å². The van der Waals surface area contributed by atoms with Crippen LogP contribution in [0.1, 0.15) is 17.8 Å². The molecule has 2 N–H and O–H groups in total. The Bertz CT molecular complexity index is 378. The Morgan fingerprint density at radius 3 is 3.29 bits per heavy atom. The summed E-state index contributed by atoms with van der Waals surface area (Å²) in [5.41, 5.74) is 2.00. The molecule has 1 unspecified atom stereocenters. The van der Waals surface area contributed by atoms with Crippen molar-refractivity contribution < 1.29 is 14.3 Å². The molecular weight excluding hydrogens is 222 g/mol. The number of carbonyl (C=O) groups excluding carboxylic acids is 1. The van der Waals surface area contributed by atoms with Crippen LogP contribution in [0.5, 0.6) is 0 Å². The molecule has 6 heteroatoms. The SMILES string of the molecule is COCCCOC(=O)C1Cc2nc[nH]c2CN1. The van der Waals surface area contributed by atoms with Crippen LogP contribution in [0.2, 0.25) is 0 Å². The van der Waals surface area contributed by atoms with Gasteiger partial charge in [-0.05, 0) is 0 Å². The van der Waals surface area contributed by atoms with Crippen LogP contribution in [0.3, 0.4) is 0 Å². The number of esters is 1. The van der Waals surface area contributed by atoms with Gasteiger partial charge in [0.15, 0.2) is 0 Å². The Morgan fingerprint density at radius 2 is 2.47 bits per heavy atom. The Morgan fingerprint density at radius 1 is 1.59 bits per heavy atom. The normalized spacial score (nSPS) is 18.8. The quantitative estimate of drug-likeness (QED) is 0.559. The predicted octanol–water partition coefficient (Wildman–Crippen LogP) is 0.00370. The van der Waals surface area contributed by atoms with Gasteiger partial charge in [-0.2, -0.15) is 0 Å². The number of H-pyrrole nitrogens is 1. The Balaban J connectivity index is 1.78. The van der Waals surface area contributed by atoms with Crippen molar-refractivity contribution in [3.05, 3.63) is 17.7 Å². The first-order valence-corrected chi connectivity index (χ1v) is 5.71. The van der Waals surface area contributed by atoms with Crippen LogP contribution >= 0.6 is 0 Å². The lowest BCUT2D eigenvalue weighted by Crippen LogP contribution is -2.43. The van der Waals surface area contributed by atoms with Crippen LogP contribution in [0.4, 0.5) is 0 Å². The van der Waals surface area contributed by atoms with Gasteiger partial charge in [-0.15, -0.1) is 0 Å². The highest BCUT2D eigenvalue weighted by atomic mass is 16.5. The van der Waals surface area contributed by atoms with Crippen LogP contribution in [0, 0.1) is 0 Å². The largest absolute Gasteiger partial charge is 0.464 e. The summed E-state index contributed by atoms with van der Waals surface area (Å²) in [5, 5.41) is 3.13. The first kappa shape index (κ1) is 12.1. The molecule has 2 rings (SSSR count). The molecule has 0 bridgehead atoms. The third kappa shape index (κ3) is 3.04. The second-order valence-electron chi connectivity index (χ2n) is 3.98. The molecule has 6 nitrogen and oxygen atoms in total. The monoisotopic (exact) mass is 239 g/mol. The van der Waals surface area contributed by atoms with Gasteiger partial charge in [0, 0.05) is 33.1 Å². The molecule has 0 aliphatic carbocycles. The van der Waals surface area contributed by atoms with Crippen LogP contribution in [-0.4, -0.2) is 42.3 Å². The number of nitrogens with one attached hydrogen (secondary N) is 2. The fourth-order valence-corrected chi connectivity index (χ4v) is 1.81. The van der Waals surface area contributed by atoms with E-state index in [0.29, 0.717) is 26.2 Å². The molecule has 94 valence electrons. The van der Waals surface area contributed by atoms with Gasteiger partial charge in [0.1, 0.15) is 6.04 Å². The molecule has 1 atom stereocenters. The van der Waals surface area contributed by atoms with E-state index in [1.807, 2.05) is 0 Å². The fourth-order valence-electron chi connectivity index (χ4n) is 1.81. The number of nitrogens with zero attached hydrogens (tertiary/aromatic N) is 1. The molecule has 0 amide bonds. The number of aromatic nitrogens is 2. The van der Waals surface area contributed by atoms with Crippen molar-refractivity contribution in [2.45, 2.75) is 25.4 Å². The summed E-state index contributed by atoms with van der Waals surface area (Å²) in [6.45, 7) is 1.64. The highest BCUT2D eigenvalue weighted by Crippen LogP contribution is 2.12. The smallest absolute Gasteiger partial charge is 0.323 e. The van der Waals surface area contributed by atoms with Gasteiger partial charge in [0.2, 0.25) is 0 Å². The lowest BCUT2D eigenvalue weighted by atomic mass is 10.1. The molecule has 0 aromatic carbocycles. The van der Waals surface area contributed by atoms with Crippen LogP contribution in [0.25, 0.3) is 0 Å². The zero-order valence-corrected chi connectivity index (χ0v) is 9.86. The van der Waals surface area contributed by atoms with Gasteiger partial charge in [-0.1, -0.05) is 0 Å². The van der Waals surface area contributed by atoms with E-state index in [2.05, 4.69) is 15.3 Å². The summed E-state index contributed by atoms with van der Waals surface area (Å²) in [5.74, 6) is -0.213. The maximum atomic E-state index is 11.7. The highest BCUT2D eigenvalue weighted by molar-refractivity contribution is 5.76. The van der Waals surface area contributed by atoms with Gasteiger partial charge in [-0.25, -0.2) is 4.98 Å². The summed E-state index contributed by atoms with van der Waals surface area (Å²) in [7, 11) is 1.63. The van der Waals surface area contributed by atoms with E-state index in [4.69, 9.17) is 9.47 Å².